The molecule has 2 aliphatic heterocycles. The summed E-state index contributed by atoms with van der Waals surface area (Å²) in [6.07, 6.45) is 1.52. The maximum atomic E-state index is 12.8. The van der Waals surface area contributed by atoms with Crippen molar-refractivity contribution >= 4 is 11.8 Å². The van der Waals surface area contributed by atoms with Crippen LogP contribution in [0.2, 0.25) is 0 Å². The van der Waals surface area contributed by atoms with Gasteiger partial charge in [-0.2, -0.15) is 0 Å². The average molecular weight is 347 g/mol. The molecule has 1 fully saturated rings. The highest BCUT2D eigenvalue weighted by Crippen LogP contribution is 2.33. The van der Waals surface area contributed by atoms with Crippen LogP contribution in [-0.2, 0) is 4.79 Å². The Labute approximate surface area is 147 Å². The van der Waals surface area contributed by atoms with Crippen molar-refractivity contribution in [2.24, 2.45) is 0 Å². The predicted molar refractivity (Wildman–Crippen MR) is 92.8 cm³/mol. The third-order valence-corrected chi connectivity index (χ3v) is 4.57. The maximum Gasteiger partial charge on any atom is 0.254 e. The highest BCUT2D eigenvalue weighted by molar-refractivity contribution is 5.98. The third-order valence-electron chi connectivity index (χ3n) is 4.57. The van der Waals surface area contributed by atoms with Gasteiger partial charge in [-0.1, -0.05) is 6.92 Å². The van der Waals surface area contributed by atoms with Gasteiger partial charge >= 0.3 is 0 Å². The molecule has 0 aromatic heterocycles. The average Bonchev–Trinajstić information content (AvgIpc) is 3.27. The zero-order chi connectivity index (χ0) is 17.8. The summed E-state index contributed by atoms with van der Waals surface area (Å²) in [5.41, 5.74) is 0.518. The van der Waals surface area contributed by atoms with Gasteiger partial charge in [0.25, 0.3) is 5.91 Å². The molecule has 0 aliphatic carbocycles. The predicted octanol–water partition coefficient (Wildman–Crippen LogP) is 1.13. The lowest BCUT2D eigenvalue weighted by Gasteiger charge is -2.25. The van der Waals surface area contributed by atoms with E-state index in [4.69, 9.17) is 9.47 Å². The highest BCUT2D eigenvalue weighted by Gasteiger charge is 2.35. The topological polar surface area (TPSA) is 79.9 Å². The number of ether oxygens (including phenoxy) is 2. The lowest BCUT2D eigenvalue weighted by atomic mass is 10.1. The van der Waals surface area contributed by atoms with Crippen LogP contribution in [0, 0.1) is 0 Å². The van der Waals surface area contributed by atoms with Crippen LogP contribution in [0.3, 0.4) is 0 Å². The van der Waals surface area contributed by atoms with Crippen molar-refractivity contribution in [1.29, 1.82) is 0 Å². The molecular formula is C18H25N3O4. The van der Waals surface area contributed by atoms with Gasteiger partial charge in [0.05, 0.1) is 0 Å². The summed E-state index contributed by atoms with van der Waals surface area (Å²) in [5.74, 6) is 0.988. The van der Waals surface area contributed by atoms with Crippen molar-refractivity contribution in [2.45, 2.75) is 38.8 Å². The van der Waals surface area contributed by atoms with Crippen LogP contribution in [0.25, 0.3) is 0 Å². The summed E-state index contributed by atoms with van der Waals surface area (Å²) in [6.45, 7) is 6.22. The van der Waals surface area contributed by atoms with Gasteiger partial charge in [0.2, 0.25) is 12.7 Å². The smallest absolute Gasteiger partial charge is 0.254 e. The summed E-state index contributed by atoms with van der Waals surface area (Å²) in [7, 11) is 0. The van der Waals surface area contributed by atoms with Crippen molar-refractivity contribution in [3.05, 3.63) is 23.8 Å². The van der Waals surface area contributed by atoms with Crippen LogP contribution >= 0.6 is 0 Å². The van der Waals surface area contributed by atoms with Crippen molar-refractivity contribution in [3.63, 3.8) is 0 Å². The Morgan fingerprint density at radius 1 is 1.32 bits per heavy atom. The molecule has 2 N–H and O–H groups in total. The van der Waals surface area contributed by atoms with Crippen LogP contribution in [-0.4, -0.2) is 55.2 Å². The third kappa shape index (κ3) is 3.87. The Balaban J connectivity index is 1.64. The van der Waals surface area contributed by atoms with E-state index in [1.165, 1.54) is 0 Å². The molecule has 2 atom stereocenters. The molecule has 1 aromatic carbocycles. The summed E-state index contributed by atoms with van der Waals surface area (Å²) in [5, 5.41) is 6.20. The number of hydrogen-bond donors (Lipinski definition) is 2. The van der Waals surface area contributed by atoms with Gasteiger partial charge in [-0.25, -0.2) is 0 Å². The lowest BCUT2D eigenvalue weighted by molar-refractivity contribution is -0.124. The highest BCUT2D eigenvalue weighted by atomic mass is 16.7. The van der Waals surface area contributed by atoms with Gasteiger partial charge in [-0.3, -0.25) is 9.59 Å². The number of rotatable bonds is 6. The quantitative estimate of drug-likeness (QED) is 0.807. The standard InChI is InChI=1S/C18H25N3O4/c1-3-19-12(2)10-20-17(22)14-5-4-8-21(14)18(23)13-6-7-15-16(9-13)25-11-24-15/h6-7,9,12,14,19H,3-5,8,10-11H2,1-2H3,(H,20,22)/t12-,14?/m1/s1. The van der Waals surface area contributed by atoms with Gasteiger partial charge < -0.3 is 25.0 Å². The molecule has 0 radical (unpaired) electrons. The molecule has 2 amide bonds. The van der Waals surface area contributed by atoms with Crippen LogP contribution in [0.5, 0.6) is 11.5 Å². The van der Waals surface area contributed by atoms with Gasteiger partial charge in [0, 0.05) is 24.7 Å². The molecule has 1 aromatic rings. The zero-order valence-corrected chi connectivity index (χ0v) is 14.7. The second kappa shape index (κ2) is 7.74. The summed E-state index contributed by atoms with van der Waals surface area (Å²) >= 11 is 0. The molecule has 2 heterocycles. The molecule has 1 unspecified atom stereocenters. The van der Waals surface area contributed by atoms with E-state index in [1.54, 1.807) is 23.1 Å². The van der Waals surface area contributed by atoms with Crippen LogP contribution in [0.1, 0.15) is 37.0 Å². The summed E-state index contributed by atoms with van der Waals surface area (Å²) in [4.78, 5) is 27.0. The molecule has 0 bridgehead atoms. The fourth-order valence-corrected chi connectivity index (χ4v) is 3.27. The number of hydrogen-bond acceptors (Lipinski definition) is 5. The first-order valence-electron chi connectivity index (χ1n) is 8.82. The number of fused-ring (bicyclic) bond motifs is 1. The number of carbonyl (C=O) groups is 2. The number of carbonyl (C=O) groups excluding carboxylic acids is 2. The van der Waals surface area contributed by atoms with Crippen LogP contribution in [0.4, 0.5) is 0 Å². The molecule has 2 aliphatic rings. The van der Waals surface area contributed by atoms with E-state index >= 15 is 0 Å². The Morgan fingerprint density at radius 2 is 2.12 bits per heavy atom. The monoisotopic (exact) mass is 347 g/mol. The van der Waals surface area contributed by atoms with Crippen molar-refractivity contribution < 1.29 is 19.1 Å². The van der Waals surface area contributed by atoms with Crippen LogP contribution < -0.4 is 20.1 Å². The first-order chi connectivity index (χ1) is 12.1. The minimum Gasteiger partial charge on any atom is -0.454 e. The lowest BCUT2D eigenvalue weighted by Crippen LogP contribution is -2.48. The van der Waals surface area contributed by atoms with Gasteiger partial charge in [-0.15, -0.1) is 0 Å². The van der Waals surface area contributed by atoms with E-state index in [9.17, 15) is 9.59 Å². The Kier molecular flexibility index (Phi) is 5.43. The molecule has 0 spiro atoms. The fourth-order valence-electron chi connectivity index (χ4n) is 3.27. The second-order valence-corrected chi connectivity index (χ2v) is 6.43. The van der Waals surface area contributed by atoms with Crippen molar-refractivity contribution in [1.82, 2.24) is 15.5 Å². The number of nitrogens with zero attached hydrogens (tertiary/aromatic N) is 1. The largest absolute Gasteiger partial charge is 0.454 e. The van der Waals surface area contributed by atoms with Crippen molar-refractivity contribution in [2.75, 3.05) is 26.4 Å². The maximum absolute atomic E-state index is 12.8. The number of benzene rings is 1. The van der Waals surface area contributed by atoms with E-state index < -0.39 is 6.04 Å². The molecular weight excluding hydrogens is 322 g/mol. The molecule has 25 heavy (non-hydrogen) atoms. The van der Waals surface area contributed by atoms with E-state index in [-0.39, 0.29) is 24.6 Å². The first kappa shape index (κ1) is 17.5. The minimum atomic E-state index is -0.410. The molecule has 136 valence electrons. The zero-order valence-electron chi connectivity index (χ0n) is 14.7. The molecule has 7 heteroatoms. The normalized spacial score (nSPS) is 19.8. The molecule has 1 saturated heterocycles. The van der Waals surface area contributed by atoms with Gasteiger partial charge in [-0.05, 0) is 44.5 Å². The van der Waals surface area contributed by atoms with Crippen molar-refractivity contribution in [3.8, 4) is 11.5 Å². The second-order valence-electron chi connectivity index (χ2n) is 6.43. The number of nitrogens with one attached hydrogen (secondary N) is 2. The van der Waals surface area contributed by atoms with E-state index in [1.807, 2.05) is 13.8 Å². The first-order valence-corrected chi connectivity index (χ1v) is 8.82. The summed E-state index contributed by atoms with van der Waals surface area (Å²) < 4.78 is 10.6. The molecule has 0 saturated carbocycles. The van der Waals surface area contributed by atoms with E-state index in [2.05, 4.69) is 10.6 Å². The number of likely N-dealkylation sites (tertiary alicyclic amines) is 1. The molecule has 7 nitrogen and oxygen atoms in total. The fraction of sp³-hybridized carbons (Fsp3) is 0.556. The van der Waals surface area contributed by atoms with Gasteiger partial charge in [0.15, 0.2) is 11.5 Å². The minimum absolute atomic E-state index is 0.0867. The van der Waals surface area contributed by atoms with Crippen LogP contribution in [0.15, 0.2) is 18.2 Å². The van der Waals surface area contributed by atoms with E-state index in [0.29, 0.717) is 36.6 Å². The Hall–Kier alpha value is -2.28. The van der Waals surface area contributed by atoms with Gasteiger partial charge in [0.1, 0.15) is 6.04 Å². The van der Waals surface area contributed by atoms with E-state index in [0.717, 1.165) is 13.0 Å². The number of amides is 2. The number of likely N-dealkylation sites (N-methyl/N-ethyl adjacent to an activating group) is 1. The summed E-state index contributed by atoms with van der Waals surface area (Å²) in [6, 6.07) is 4.93. The molecule has 3 rings (SSSR count). The SMILES string of the molecule is CCN[C@H](C)CNC(=O)C1CCCN1C(=O)c1ccc2c(c1)OCO2. The Morgan fingerprint density at radius 3 is 2.92 bits per heavy atom. The Bertz CT molecular complexity index is 649.